The maximum absolute atomic E-state index is 11.8. The van der Waals surface area contributed by atoms with Gasteiger partial charge in [-0.3, -0.25) is 0 Å². The fraction of sp³-hybridized carbons (Fsp3) is 0.333. The summed E-state index contributed by atoms with van der Waals surface area (Å²) in [5.74, 6) is 0. The maximum Gasteiger partial charge on any atom is 0.409 e. The molecule has 0 heterocycles. The normalized spacial score (nSPS) is 14.1. The Hall–Kier alpha value is -1.33. The fourth-order valence-electron chi connectivity index (χ4n) is 1.15. The van der Waals surface area contributed by atoms with E-state index in [9.17, 15) is 18.3 Å². The molecular weight excluding hydrogens is 233 g/mol. The highest BCUT2D eigenvalue weighted by Crippen LogP contribution is 2.16. The SMILES string of the molecule is O[C@@H](/C=C/C(F)(F)F)COCc1ccccc1. The number of hydrogen-bond donors (Lipinski definition) is 1. The summed E-state index contributed by atoms with van der Waals surface area (Å²) in [5, 5.41) is 9.18. The lowest BCUT2D eigenvalue weighted by Crippen LogP contribution is -2.14. The summed E-state index contributed by atoms with van der Waals surface area (Å²) in [7, 11) is 0. The molecule has 0 saturated heterocycles. The van der Waals surface area contributed by atoms with Crippen molar-refractivity contribution in [3.05, 3.63) is 48.0 Å². The largest absolute Gasteiger partial charge is 0.409 e. The molecule has 0 aromatic heterocycles. The first-order valence-electron chi connectivity index (χ1n) is 5.03. The van der Waals surface area contributed by atoms with Gasteiger partial charge in [0.1, 0.15) is 0 Å². The smallest absolute Gasteiger partial charge is 0.387 e. The summed E-state index contributed by atoms with van der Waals surface area (Å²) in [6.45, 7) is 0.0965. The first-order valence-corrected chi connectivity index (χ1v) is 5.03. The van der Waals surface area contributed by atoms with Crippen LogP contribution in [-0.2, 0) is 11.3 Å². The third kappa shape index (κ3) is 6.76. The lowest BCUT2D eigenvalue weighted by atomic mass is 10.2. The highest BCUT2D eigenvalue weighted by molar-refractivity contribution is 5.13. The Kier molecular flexibility index (Phi) is 5.18. The van der Waals surface area contributed by atoms with Gasteiger partial charge in [-0.25, -0.2) is 0 Å². The molecule has 0 spiro atoms. The van der Waals surface area contributed by atoms with Gasteiger partial charge < -0.3 is 9.84 Å². The molecule has 0 radical (unpaired) electrons. The molecule has 94 valence electrons. The van der Waals surface area contributed by atoms with Crippen LogP contribution >= 0.6 is 0 Å². The Morgan fingerprint density at radius 3 is 2.47 bits per heavy atom. The summed E-state index contributed by atoms with van der Waals surface area (Å²) in [6, 6.07) is 9.18. The van der Waals surface area contributed by atoms with E-state index in [2.05, 4.69) is 0 Å². The topological polar surface area (TPSA) is 29.5 Å². The van der Waals surface area contributed by atoms with E-state index < -0.39 is 12.3 Å². The molecule has 0 unspecified atom stereocenters. The maximum atomic E-state index is 11.8. The Morgan fingerprint density at radius 1 is 1.24 bits per heavy atom. The van der Waals surface area contributed by atoms with Crippen LogP contribution in [0.15, 0.2) is 42.5 Å². The molecule has 1 atom stereocenters. The van der Waals surface area contributed by atoms with Crippen molar-refractivity contribution in [3.8, 4) is 0 Å². The number of aliphatic hydroxyl groups excluding tert-OH is 1. The lowest BCUT2D eigenvalue weighted by Gasteiger charge is -2.07. The van der Waals surface area contributed by atoms with Crippen molar-refractivity contribution in [1.82, 2.24) is 0 Å². The molecule has 0 aliphatic carbocycles. The van der Waals surface area contributed by atoms with Crippen LogP contribution in [0.2, 0.25) is 0 Å². The Balaban J connectivity index is 2.25. The Bertz CT molecular complexity index is 347. The highest BCUT2D eigenvalue weighted by atomic mass is 19.4. The average Bonchev–Trinajstić information content (AvgIpc) is 2.27. The minimum absolute atomic E-state index is 0.00352. The van der Waals surface area contributed by atoms with Crippen LogP contribution in [0.5, 0.6) is 0 Å². The van der Waals surface area contributed by atoms with Crippen LogP contribution in [-0.4, -0.2) is 24.0 Å². The first kappa shape index (κ1) is 13.7. The fourth-order valence-corrected chi connectivity index (χ4v) is 1.15. The molecule has 0 amide bonds. The van der Waals surface area contributed by atoms with Crippen molar-refractivity contribution >= 4 is 0 Å². The van der Waals surface area contributed by atoms with Crippen LogP contribution in [0.25, 0.3) is 0 Å². The third-order valence-electron chi connectivity index (χ3n) is 1.91. The van der Waals surface area contributed by atoms with Crippen molar-refractivity contribution in [3.63, 3.8) is 0 Å². The van der Waals surface area contributed by atoms with Gasteiger partial charge in [-0.15, -0.1) is 0 Å². The number of hydrogen-bond acceptors (Lipinski definition) is 2. The van der Waals surface area contributed by atoms with Gasteiger partial charge in [-0.2, -0.15) is 13.2 Å². The van der Waals surface area contributed by atoms with E-state index in [1.54, 1.807) is 0 Å². The minimum atomic E-state index is -4.40. The van der Waals surface area contributed by atoms with Gasteiger partial charge in [0.2, 0.25) is 0 Å². The molecule has 0 saturated carbocycles. The summed E-state index contributed by atoms with van der Waals surface area (Å²) in [4.78, 5) is 0. The monoisotopic (exact) mass is 246 g/mol. The van der Waals surface area contributed by atoms with Crippen LogP contribution in [0.4, 0.5) is 13.2 Å². The second-order valence-corrected chi connectivity index (χ2v) is 3.47. The number of halogens is 3. The summed E-state index contributed by atoms with van der Waals surface area (Å²) in [6.07, 6.45) is -4.98. The molecule has 0 aliphatic heterocycles. The number of ether oxygens (including phenoxy) is 1. The molecule has 0 fully saturated rings. The van der Waals surface area contributed by atoms with Crippen LogP contribution in [0.3, 0.4) is 0 Å². The zero-order chi connectivity index (χ0) is 12.7. The first-order chi connectivity index (χ1) is 7.97. The molecule has 17 heavy (non-hydrogen) atoms. The molecule has 0 aliphatic rings. The molecule has 5 heteroatoms. The molecule has 1 rings (SSSR count). The summed E-state index contributed by atoms with van der Waals surface area (Å²) >= 11 is 0. The van der Waals surface area contributed by atoms with E-state index in [1.807, 2.05) is 30.3 Å². The van der Waals surface area contributed by atoms with Crippen LogP contribution in [0, 0.1) is 0 Å². The van der Waals surface area contributed by atoms with Crippen molar-refractivity contribution in [1.29, 1.82) is 0 Å². The molecule has 1 aromatic rings. The number of allylic oxidation sites excluding steroid dienone is 1. The van der Waals surface area contributed by atoms with Gasteiger partial charge in [0.25, 0.3) is 0 Å². The van der Waals surface area contributed by atoms with Crippen LogP contribution < -0.4 is 0 Å². The number of benzene rings is 1. The van der Waals surface area contributed by atoms with E-state index in [0.29, 0.717) is 6.08 Å². The van der Waals surface area contributed by atoms with E-state index in [0.717, 1.165) is 5.56 Å². The van der Waals surface area contributed by atoms with E-state index in [-0.39, 0.29) is 19.3 Å². The second-order valence-electron chi connectivity index (χ2n) is 3.47. The molecule has 0 bridgehead atoms. The summed E-state index contributed by atoms with van der Waals surface area (Å²) in [5.41, 5.74) is 0.902. The number of aliphatic hydroxyl groups is 1. The third-order valence-corrected chi connectivity index (χ3v) is 1.91. The van der Waals surface area contributed by atoms with E-state index in [1.165, 1.54) is 0 Å². The second kappa shape index (κ2) is 6.42. The van der Waals surface area contributed by atoms with Gasteiger partial charge in [0, 0.05) is 6.08 Å². The lowest BCUT2D eigenvalue weighted by molar-refractivity contribution is -0.0809. The van der Waals surface area contributed by atoms with Crippen molar-refractivity contribution in [2.45, 2.75) is 18.9 Å². The molecular formula is C12H13F3O2. The van der Waals surface area contributed by atoms with Crippen molar-refractivity contribution < 1.29 is 23.0 Å². The van der Waals surface area contributed by atoms with Gasteiger partial charge in [-0.05, 0) is 11.6 Å². The zero-order valence-corrected chi connectivity index (χ0v) is 9.02. The minimum Gasteiger partial charge on any atom is -0.387 e. The van der Waals surface area contributed by atoms with Crippen LogP contribution in [0.1, 0.15) is 5.56 Å². The zero-order valence-electron chi connectivity index (χ0n) is 9.02. The summed E-state index contributed by atoms with van der Waals surface area (Å²) < 4.78 is 40.4. The number of rotatable bonds is 5. The number of alkyl halides is 3. The van der Waals surface area contributed by atoms with Crippen molar-refractivity contribution in [2.75, 3.05) is 6.61 Å². The van der Waals surface area contributed by atoms with Gasteiger partial charge in [0.05, 0.1) is 19.3 Å². The van der Waals surface area contributed by atoms with Gasteiger partial charge in [0.15, 0.2) is 0 Å². The van der Waals surface area contributed by atoms with Gasteiger partial charge >= 0.3 is 6.18 Å². The molecule has 1 aromatic carbocycles. The predicted molar refractivity (Wildman–Crippen MR) is 57.3 cm³/mol. The quantitative estimate of drug-likeness (QED) is 0.809. The van der Waals surface area contributed by atoms with E-state index in [4.69, 9.17) is 4.74 Å². The van der Waals surface area contributed by atoms with Gasteiger partial charge in [-0.1, -0.05) is 30.3 Å². The predicted octanol–water partition coefficient (Wildman–Crippen LogP) is 2.68. The standard InChI is InChI=1S/C12H13F3O2/c13-12(14,15)7-6-11(16)9-17-8-10-4-2-1-3-5-10/h1-7,11,16H,8-9H2/b7-6+/t11-/m0/s1. The highest BCUT2D eigenvalue weighted by Gasteiger charge is 2.22. The average molecular weight is 246 g/mol. The molecule has 1 N–H and O–H groups in total. The molecule has 2 nitrogen and oxygen atoms in total. The Morgan fingerprint density at radius 2 is 1.88 bits per heavy atom. The Labute approximate surface area is 97.3 Å². The van der Waals surface area contributed by atoms with E-state index >= 15 is 0 Å². The van der Waals surface area contributed by atoms with Crippen molar-refractivity contribution in [2.24, 2.45) is 0 Å².